The largest absolute Gasteiger partial charge is 0.326 e. The molecule has 3 heteroatoms. The number of nitrogens with two attached hydrogens (primary N) is 2. The summed E-state index contributed by atoms with van der Waals surface area (Å²) in [6.07, 6.45) is 0.975. The molecule has 1 aliphatic rings. The fraction of sp³-hybridized carbons (Fsp3) is 1.00. The van der Waals surface area contributed by atoms with Gasteiger partial charge >= 0.3 is 0 Å². The SMILES string of the molecule is CC(C)N1CC(N)CC(N)C1. The van der Waals surface area contributed by atoms with E-state index in [2.05, 4.69) is 18.7 Å². The molecule has 1 heterocycles. The highest BCUT2D eigenvalue weighted by Crippen LogP contribution is 2.10. The van der Waals surface area contributed by atoms with Gasteiger partial charge in [0.1, 0.15) is 0 Å². The Bertz CT molecular complexity index is 115. The summed E-state index contributed by atoms with van der Waals surface area (Å²) >= 11 is 0. The van der Waals surface area contributed by atoms with Gasteiger partial charge in [0, 0.05) is 31.2 Å². The summed E-state index contributed by atoms with van der Waals surface area (Å²) in [6, 6.07) is 1.13. The molecule has 11 heavy (non-hydrogen) atoms. The van der Waals surface area contributed by atoms with Gasteiger partial charge in [-0.2, -0.15) is 0 Å². The van der Waals surface area contributed by atoms with Crippen LogP contribution in [-0.2, 0) is 0 Å². The van der Waals surface area contributed by atoms with Crippen LogP contribution in [0.1, 0.15) is 20.3 Å². The van der Waals surface area contributed by atoms with Crippen LogP contribution in [0.15, 0.2) is 0 Å². The number of rotatable bonds is 1. The molecule has 0 bridgehead atoms. The predicted molar refractivity (Wildman–Crippen MR) is 47.3 cm³/mol. The van der Waals surface area contributed by atoms with Crippen LogP contribution in [0.5, 0.6) is 0 Å². The molecule has 0 aromatic carbocycles. The van der Waals surface area contributed by atoms with Gasteiger partial charge in [-0.15, -0.1) is 0 Å². The third-order valence-corrected chi connectivity index (χ3v) is 2.27. The summed E-state index contributed by atoms with van der Waals surface area (Å²) in [6.45, 7) is 6.38. The topological polar surface area (TPSA) is 55.3 Å². The third kappa shape index (κ3) is 2.43. The second-order valence-electron chi connectivity index (χ2n) is 3.80. The van der Waals surface area contributed by atoms with Crippen molar-refractivity contribution < 1.29 is 0 Å². The lowest BCUT2D eigenvalue weighted by atomic mass is 10.0. The Morgan fingerprint density at radius 2 is 1.64 bits per heavy atom. The Balaban J connectivity index is 2.43. The summed E-state index contributed by atoms with van der Waals surface area (Å²) in [4.78, 5) is 2.35. The van der Waals surface area contributed by atoms with Gasteiger partial charge in [0.15, 0.2) is 0 Å². The lowest BCUT2D eigenvalue weighted by Crippen LogP contribution is -2.54. The number of hydrogen-bond donors (Lipinski definition) is 2. The summed E-state index contributed by atoms with van der Waals surface area (Å²) in [5.74, 6) is 0. The molecule has 3 nitrogen and oxygen atoms in total. The van der Waals surface area contributed by atoms with E-state index in [1.54, 1.807) is 0 Å². The molecule has 4 N–H and O–H groups in total. The van der Waals surface area contributed by atoms with E-state index in [4.69, 9.17) is 11.5 Å². The average Bonchev–Trinajstić information content (AvgIpc) is 1.85. The summed E-state index contributed by atoms with van der Waals surface area (Å²) < 4.78 is 0. The van der Waals surface area contributed by atoms with Gasteiger partial charge in [-0.1, -0.05) is 0 Å². The smallest absolute Gasteiger partial charge is 0.0183 e. The summed E-state index contributed by atoms with van der Waals surface area (Å²) in [5, 5.41) is 0. The van der Waals surface area contributed by atoms with Crippen molar-refractivity contribution in [1.29, 1.82) is 0 Å². The maximum atomic E-state index is 5.83. The van der Waals surface area contributed by atoms with Crippen LogP contribution in [0, 0.1) is 0 Å². The highest BCUT2D eigenvalue weighted by molar-refractivity contribution is 4.84. The zero-order valence-corrected chi connectivity index (χ0v) is 7.46. The van der Waals surface area contributed by atoms with E-state index in [1.165, 1.54) is 0 Å². The molecule has 0 radical (unpaired) electrons. The van der Waals surface area contributed by atoms with Crippen LogP contribution in [0.2, 0.25) is 0 Å². The van der Waals surface area contributed by atoms with E-state index >= 15 is 0 Å². The highest BCUT2D eigenvalue weighted by Gasteiger charge is 2.23. The summed E-state index contributed by atoms with van der Waals surface area (Å²) in [7, 11) is 0. The Kier molecular flexibility index (Phi) is 2.87. The Morgan fingerprint density at radius 3 is 2.00 bits per heavy atom. The molecule has 0 amide bonds. The van der Waals surface area contributed by atoms with Crippen molar-refractivity contribution in [1.82, 2.24) is 4.90 Å². The van der Waals surface area contributed by atoms with E-state index in [0.717, 1.165) is 19.5 Å². The molecule has 1 saturated heterocycles. The van der Waals surface area contributed by atoms with Crippen molar-refractivity contribution in [3.8, 4) is 0 Å². The number of nitrogens with zero attached hydrogens (tertiary/aromatic N) is 1. The molecular formula is C8H19N3. The fourth-order valence-electron chi connectivity index (χ4n) is 1.64. The van der Waals surface area contributed by atoms with Gasteiger partial charge in [0.2, 0.25) is 0 Å². The molecule has 1 rings (SSSR count). The molecule has 0 saturated carbocycles. The van der Waals surface area contributed by atoms with Crippen molar-refractivity contribution in [2.45, 2.75) is 38.4 Å². The van der Waals surface area contributed by atoms with Gasteiger partial charge in [0.05, 0.1) is 0 Å². The highest BCUT2D eigenvalue weighted by atomic mass is 15.2. The average molecular weight is 157 g/mol. The first-order valence-electron chi connectivity index (χ1n) is 4.35. The second kappa shape index (κ2) is 3.52. The Hall–Kier alpha value is -0.120. The summed E-state index contributed by atoms with van der Waals surface area (Å²) in [5.41, 5.74) is 11.7. The Labute approximate surface area is 68.7 Å². The molecule has 2 unspecified atom stereocenters. The van der Waals surface area contributed by atoms with Crippen LogP contribution >= 0.6 is 0 Å². The lowest BCUT2D eigenvalue weighted by Gasteiger charge is -2.37. The Morgan fingerprint density at radius 1 is 1.18 bits per heavy atom. The van der Waals surface area contributed by atoms with Crippen molar-refractivity contribution >= 4 is 0 Å². The third-order valence-electron chi connectivity index (χ3n) is 2.27. The van der Waals surface area contributed by atoms with Crippen molar-refractivity contribution in [2.24, 2.45) is 11.5 Å². The van der Waals surface area contributed by atoms with Gasteiger partial charge in [-0.3, -0.25) is 4.90 Å². The first kappa shape index (κ1) is 8.97. The standard InChI is InChI=1S/C8H19N3/c1-6(2)11-4-7(9)3-8(10)5-11/h6-8H,3-5,9-10H2,1-2H3. The van der Waals surface area contributed by atoms with Gasteiger partial charge in [-0.25, -0.2) is 0 Å². The second-order valence-corrected chi connectivity index (χ2v) is 3.80. The molecule has 1 aliphatic heterocycles. The molecule has 0 aromatic rings. The van der Waals surface area contributed by atoms with Crippen molar-refractivity contribution in [3.05, 3.63) is 0 Å². The zero-order valence-electron chi connectivity index (χ0n) is 7.46. The van der Waals surface area contributed by atoms with Gasteiger partial charge in [0.25, 0.3) is 0 Å². The molecule has 0 spiro atoms. The molecule has 2 atom stereocenters. The van der Waals surface area contributed by atoms with Crippen molar-refractivity contribution in [2.75, 3.05) is 13.1 Å². The number of piperidine rings is 1. The first-order chi connectivity index (χ1) is 5.09. The van der Waals surface area contributed by atoms with Crippen LogP contribution in [0.4, 0.5) is 0 Å². The van der Waals surface area contributed by atoms with E-state index in [-0.39, 0.29) is 12.1 Å². The maximum absolute atomic E-state index is 5.83. The minimum atomic E-state index is 0.279. The van der Waals surface area contributed by atoms with Gasteiger partial charge < -0.3 is 11.5 Å². The molecule has 0 aliphatic carbocycles. The monoisotopic (exact) mass is 157 g/mol. The van der Waals surface area contributed by atoms with Gasteiger partial charge in [-0.05, 0) is 20.3 Å². The number of hydrogen-bond acceptors (Lipinski definition) is 3. The first-order valence-corrected chi connectivity index (χ1v) is 4.35. The quantitative estimate of drug-likeness (QED) is 0.552. The minimum Gasteiger partial charge on any atom is -0.326 e. The molecule has 1 fully saturated rings. The van der Waals surface area contributed by atoms with Crippen LogP contribution in [-0.4, -0.2) is 36.1 Å². The predicted octanol–water partition coefficient (Wildman–Crippen LogP) is -0.245. The molecular weight excluding hydrogens is 138 g/mol. The van der Waals surface area contributed by atoms with E-state index in [0.29, 0.717) is 6.04 Å². The van der Waals surface area contributed by atoms with E-state index in [1.807, 2.05) is 0 Å². The van der Waals surface area contributed by atoms with Crippen LogP contribution < -0.4 is 11.5 Å². The van der Waals surface area contributed by atoms with E-state index in [9.17, 15) is 0 Å². The zero-order chi connectivity index (χ0) is 8.43. The van der Waals surface area contributed by atoms with E-state index < -0.39 is 0 Å². The fourth-order valence-corrected chi connectivity index (χ4v) is 1.64. The number of likely N-dealkylation sites (tertiary alicyclic amines) is 1. The minimum absolute atomic E-state index is 0.279. The van der Waals surface area contributed by atoms with Crippen LogP contribution in [0.25, 0.3) is 0 Å². The van der Waals surface area contributed by atoms with Crippen LogP contribution in [0.3, 0.4) is 0 Å². The lowest BCUT2D eigenvalue weighted by molar-refractivity contribution is 0.153. The normalized spacial score (nSPS) is 34.6. The molecule has 0 aromatic heterocycles. The molecule has 66 valence electrons. The van der Waals surface area contributed by atoms with Crippen molar-refractivity contribution in [3.63, 3.8) is 0 Å². The maximum Gasteiger partial charge on any atom is 0.0183 e.